The first-order valence-corrected chi connectivity index (χ1v) is 7.11. The maximum atomic E-state index is 12.1. The smallest absolute Gasteiger partial charge is 0.338 e. The van der Waals surface area contributed by atoms with Gasteiger partial charge in [-0.15, -0.1) is 0 Å². The molecule has 0 unspecified atom stereocenters. The molecule has 0 bridgehead atoms. The Hall–Kier alpha value is -1.57. The molecule has 1 fully saturated rings. The van der Waals surface area contributed by atoms with Crippen molar-refractivity contribution < 1.29 is 9.53 Å². The van der Waals surface area contributed by atoms with E-state index in [4.69, 9.17) is 4.74 Å². The van der Waals surface area contributed by atoms with Gasteiger partial charge < -0.3 is 4.74 Å². The average molecular weight is 258 g/mol. The van der Waals surface area contributed by atoms with Crippen molar-refractivity contribution in [1.82, 2.24) is 0 Å². The van der Waals surface area contributed by atoms with Gasteiger partial charge in [0.25, 0.3) is 0 Å². The van der Waals surface area contributed by atoms with Crippen LogP contribution in [0.25, 0.3) is 0 Å². The fourth-order valence-corrected chi connectivity index (χ4v) is 2.68. The SMILES string of the molecule is C=C[C@H](OC(=O)c1ccc(C)cc1)C1CCCCC1. The van der Waals surface area contributed by atoms with E-state index in [9.17, 15) is 4.79 Å². The Kier molecular flexibility index (Phi) is 4.78. The number of carbonyl (C=O) groups is 1. The second-order valence-corrected chi connectivity index (χ2v) is 5.37. The largest absolute Gasteiger partial charge is 0.454 e. The van der Waals surface area contributed by atoms with Gasteiger partial charge in [0.15, 0.2) is 0 Å². The van der Waals surface area contributed by atoms with E-state index >= 15 is 0 Å². The van der Waals surface area contributed by atoms with Crippen LogP contribution in [0, 0.1) is 12.8 Å². The lowest BCUT2D eigenvalue weighted by Gasteiger charge is -2.27. The first kappa shape index (κ1) is 13.9. The first-order valence-electron chi connectivity index (χ1n) is 7.11. The minimum absolute atomic E-state index is 0.144. The molecule has 1 aliphatic rings. The van der Waals surface area contributed by atoms with Gasteiger partial charge in [0, 0.05) is 0 Å². The Balaban J connectivity index is 1.99. The summed E-state index contributed by atoms with van der Waals surface area (Å²) in [6, 6.07) is 7.50. The molecule has 2 rings (SSSR count). The molecule has 2 heteroatoms. The number of hydrogen-bond acceptors (Lipinski definition) is 2. The number of carbonyl (C=O) groups excluding carboxylic acids is 1. The van der Waals surface area contributed by atoms with Gasteiger partial charge in [-0.25, -0.2) is 4.79 Å². The predicted molar refractivity (Wildman–Crippen MR) is 77.2 cm³/mol. The van der Waals surface area contributed by atoms with Crippen molar-refractivity contribution >= 4 is 5.97 Å². The second kappa shape index (κ2) is 6.55. The van der Waals surface area contributed by atoms with Gasteiger partial charge in [0.05, 0.1) is 5.56 Å². The van der Waals surface area contributed by atoms with Crippen LogP contribution in [-0.2, 0) is 4.74 Å². The molecule has 1 aliphatic carbocycles. The third-order valence-corrected chi connectivity index (χ3v) is 3.88. The van der Waals surface area contributed by atoms with Gasteiger partial charge in [0.2, 0.25) is 0 Å². The number of ether oxygens (including phenoxy) is 1. The summed E-state index contributed by atoms with van der Waals surface area (Å²) in [4.78, 5) is 12.1. The standard InChI is InChI=1S/C17H22O2/c1-3-16(14-7-5-4-6-8-14)19-17(18)15-11-9-13(2)10-12-15/h3,9-12,14,16H,1,4-8H2,2H3/t16-/m0/s1. The van der Waals surface area contributed by atoms with Gasteiger partial charge in [-0.1, -0.05) is 49.6 Å². The molecule has 1 aromatic rings. The predicted octanol–water partition coefficient (Wildman–Crippen LogP) is 4.29. The molecule has 102 valence electrons. The molecule has 0 amide bonds. The van der Waals surface area contributed by atoms with E-state index in [1.807, 2.05) is 31.2 Å². The number of aryl methyl sites for hydroxylation is 1. The van der Waals surface area contributed by atoms with Crippen molar-refractivity contribution in [2.45, 2.75) is 45.1 Å². The molecule has 0 aliphatic heterocycles. The van der Waals surface area contributed by atoms with Crippen LogP contribution in [0.1, 0.15) is 48.0 Å². The molecule has 19 heavy (non-hydrogen) atoms. The number of esters is 1. The summed E-state index contributed by atoms with van der Waals surface area (Å²) in [5, 5.41) is 0. The summed E-state index contributed by atoms with van der Waals surface area (Å²) in [6.45, 7) is 5.82. The van der Waals surface area contributed by atoms with E-state index in [2.05, 4.69) is 6.58 Å². The van der Waals surface area contributed by atoms with E-state index in [0.29, 0.717) is 11.5 Å². The molecule has 0 radical (unpaired) electrons. The Morgan fingerprint density at radius 1 is 1.26 bits per heavy atom. The molecular weight excluding hydrogens is 236 g/mol. The first-order chi connectivity index (χ1) is 9.20. The van der Waals surface area contributed by atoms with E-state index in [-0.39, 0.29) is 12.1 Å². The van der Waals surface area contributed by atoms with Crippen molar-refractivity contribution in [2.24, 2.45) is 5.92 Å². The van der Waals surface area contributed by atoms with Crippen LogP contribution in [0.3, 0.4) is 0 Å². The second-order valence-electron chi connectivity index (χ2n) is 5.37. The van der Waals surface area contributed by atoms with Crippen LogP contribution in [0.5, 0.6) is 0 Å². The zero-order chi connectivity index (χ0) is 13.7. The lowest BCUT2D eigenvalue weighted by atomic mass is 9.85. The molecule has 0 saturated heterocycles. The highest BCUT2D eigenvalue weighted by atomic mass is 16.5. The van der Waals surface area contributed by atoms with E-state index in [0.717, 1.165) is 18.4 Å². The topological polar surface area (TPSA) is 26.3 Å². The van der Waals surface area contributed by atoms with Crippen LogP contribution in [0.4, 0.5) is 0 Å². The minimum Gasteiger partial charge on any atom is -0.454 e. The van der Waals surface area contributed by atoms with Crippen molar-refractivity contribution in [1.29, 1.82) is 0 Å². The van der Waals surface area contributed by atoms with Crippen LogP contribution in [0.15, 0.2) is 36.9 Å². The quantitative estimate of drug-likeness (QED) is 0.595. The normalized spacial score (nSPS) is 17.7. The molecule has 0 heterocycles. The maximum Gasteiger partial charge on any atom is 0.338 e. The molecular formula is C17H22O2. The number of hydrogen-bond donors (Lipinski definition) is 0. The Morgan fingerprint density at radius 2 is 1.89 bits per heavy atom. The lowest BCUT2D eigenvalue weighted by molar-refractivity contribution is 0.0227. The van der Waals surface area contributed by atoms with Crippen LogP contribution < -0.4 is 0 Å². The van der Waals surface area contributed by atoms with Gasteiger partial charge in [0.1, 0.15) is 6.10 Å². The Bertz CT molecular complexity index is 427. The molecule has 1 aromatic carbocycles. The third kappa shape index (κ3) is 3.69. The Labute approximate surface area is 115 Å². The highest BCUT2D eigenvalue weighted by molar-refractivity contribution is 5.89. The highest BCUT2D eigenvalue weighted by Gasteiger charge is 2.24. The maximum absolute atomic E-state index is 12.1. The van der Waals surface area contributed by atoms with Crippen LogP contribution in [-0.4, -0.2) is 12.1 Å². The van der Waals surface area contributed by atoms with E-state index in [1.165, 1.54) is 19.3 Å². The van der Waals surface area contributed by atoms with E-state index < -0.39 is 0 Å². The molecule has 2 nitrogen and oxygen atoms in total. The average Bonchev–Trinajstić information content (AvgIpc) is 2.46. The number of rotatable bonds is 4. The van der Waals surface area contributed by atoms with Crippen LogP contribution in [0.2, 0.25) is 0 Å². The third-order valence-electron chi connectivity index (χ3n) is 3.88. The lowest BCUT2D eigenvalue weighted by Crippen LogP contribution is -2.26. The van der Waals surface area contributed by atoms with Crippen LogP contribution >= 0.6 is 0 Å². The summed E-state index contributed by atoms with van der Waals surface area (Å²) >= 11 is 0. The molecule has 0 spiro atoms. The van der Waals surface area contributed by atoms with Gasteiger partial charge in [-0.3, -0.25) is 0 Å². The van der Waals surface area contributed by atoms with Crippen molar-refractivity contribution in [3.63, 3.8) is 0 Å². The van der Waals surface area contributed by atoms with Gasteiger partial charge in [-0.05, 0) is 37.8 Å². The summed E-state index contributed by atoms with van der Waals surface area (Å²) in [6.07, 6.45) is 7.67. The van der Waals surface area contributed by atoms with Crippen molar-refractivity contribution in [2.75, 3.05) is 0 Å². The minimum atomic E-state index is -0.240. The summed E-state index contributed by atoms with van der Waals surface area (Å²) in [7, 11) is 0. The fraction of sp³-hybridized carbons (Fsp3) is 0.471. The van der Waals surface area contributed by atoms with Gasteiger partial charge in [-0.2, -0.15) is 0 Å². The zero-order valence-electron chi connectivity index (χ0n) is 11.6. The molecule has 0 aromatic heterocycles. The van der Waals surface area contributed by atoms with E-state index in [1.54, 1.807) is 6.08 Å². The van der Waals surface area contributed by atoms with Gasteiger partial charge >= 0.3 is 5.97 Å². The summed E-state index contributed by atoms with van der Waals surface area (Å²) in [5.74, 6) is 0.205. The zero-order valence-corrected chi connectivity index (χ0v) is 11.6. The molecule has 1 saturated carbocycles. The fourth-order valence-electron chi connectivity index (χ4n) is 2.68. The van der Waals surface area contributed by atoms with Crippen molar-refractivity contribution in [3.05, 3.63) is 48.0 Å². The summed E-state index contributed by atoms with van der Waals surface area (Å²) < 4.78 is 5.61. The summed E-state index contributed by atoms with van der Waals surface area (Å²) in [5.41, 5.74) is 1.76. The van der Waals surface area contributed by atoms with Crippen molar-refractivity contribution in [3.8, 4) is 0 Å². The number of benzene rings is 1. The molecule has 1 atom stereocenters. The Morgan fingerprint density at radius 3 is 2.47 bits per heavy atom. The monoisotopic (exact) mass is 258 g/mol. The highest BCUT2D eigenvalue weighted by Crippen LogP contribution is 2.29. The molecule has 0 N–H and O–H groups in total.